The lowest BCUT2D eigenvalue weighted by Crippen LogP contribution is -1.85. The SMILES string of the molecule is ON=Cc1cccc(-c2ccccn2)c1. The molecule has 15 heavy (non-hydrogen) atoms. The number of benzene rings is 1. The lowest BCUT2D eigenvalue weighted by molar-refractivity contribution is 0.322. The maximum atomic E-state index is 8.43. The van der Waals surface area contributed by atoms with Crippen molar-refractivity contribution in [2.24, 2.45) is 5.16 Å². The summed E-state index contributed by atoms with van der Waals surface area (Å²) in [5, 5.41) is 11.4. The van der Waals surface area contributed by atoms with E-state index in [-0.39, 0.29) is 0 Å². The third-order valence-electron chi connectivity index (χ3n) is 2.05. The summed E-state index contributed by atoms with van der Waals surface area (Å²) in [7, 11) is 0. The van der Waals surface area contributed by atoms with E-state index in [1.54, 1.807) is 6.20 Å². The fraction of sp³-hybridized carbons (Fsp3) is 0. The molecule has 3 nitrogen and oxygen atoms in total. The van der Waals surface area contributed by atoms with Gasteiger partial charge in [-0.15, -0.1) is 0 Å². The van der Waals surface area contributed by atoms with Gasteiger partial charge in [0.05, 0.1) is 11.9 Å². The summed E-state index contributed by atoms with van der Waals surface area (Å²) in [5.74, 6) is 0. The van der Waals surface area contributed by atoms with Gasteiger partial charge in [-0.3, -0.25) is 4.98 Å². The van der Waals surface area contributed by atoms with Gasteiger partial charge in [0, 0.05) is 11.8 Å². The Labute approximate surface area is 87.7 Å². The van der Waals surface area contributed by atoms with Crippen LogP contribution in [0.25, 0.3) is 11.3 Å². The van der Waals surface area contributed by atoms with E-state index in [4.69, 9.17) is 5.21 Å². The van der Waals surface area contributed by atoms with E-state index in [1.807, 2.05) is 42.5 Å². The Morgan fingerprint density at radius 1 is 1.13 bits per heavy atom. The summed E-state index contributed by atoms with van der Waals surface area (Å²) < 4.78 is 0. The Balaban J connectivity index is 2.41. The van der Waals surface area contributed by atoms with Crippen molar-refractivity contribution in [1.82, 2.24) is 4.98 Å². The van der Waals surface area contributed by atoms with Crippen LogP contribution in [0.5, 0.6) is 0 Å². The van der Waals surface area contributed by atoms with Crippen LogP contribution < -0.4 is 0 Å². The van der Waals surface area contributed by atoms with E-state index in [2.05, 4.69) is 10.1 Å². The van der Waals surface area contributed by atoms with Crippen molar-refractivity contribution in [1.29, 1.82) is 0 Å². The average Bonchev–Trinajstić information content (AvgIpc) is 2.31. The molecule has 1 heterocycles. The molecule has 0 spiro atoms. The minimum Gasteiger partial charge on any atom is -0.411 e. The predicted octanol–water partition coefficient (Wildman–Crippen LogP) is 2.56. The summed E-state index contributed by atoms with van der Waals surface area (Å²) in [5.41, 5.74) is 2.76. The molecule has 0 aliphatic carbocycles. The standard InChI is InChI=1S/C12H10N2O/c15-14-9-10-4-3-5-11(8-10)12-6-1-2-7-13-12/h1-9,15H. The summed E-state index contributed by atoms with van der Waals surface area (Å²) >= 11 is 0. The van der Waals surface area contributed by atoms with Crippen molar-refractivity contribution < 1.29 is 5.21 Å². The van der Waals surface area contributed by atoms with E-state index in [9.17, 15) is 0 Å². The van der Waals surface area contributed by atoms with Crippen molar-refractivity contribution in [3.05, 3.63) is 54.2 Å². The number of oxime groups is 1. The zero-order valence-electron chi connectivity index (χ0n) is 8.04. The smallest absolute Gasteiger partial charge is 0.0734 e. The molecule has 1 aromatic heterocycles. The fourth-order valence-corrected chi connectivity index (χ4v) is 1.38. The molecular formula is C12H10N2O. The van der Waals surface area contributed by atoms with Gasteiger partial charge in [0.1, 0.15) is 0 Å². The second-order valence-corrected chi connectivity index (χ2v) is 3.09. The Morgan fingerprint density at radius 3 is 2.80 bits per heavy atom. The van der Waals surface area contributed by atoms with Gasteiger partial charge in [-0.05, 0) is 23.8 Å². The zero-order chi connectivity index (χ0) is 10.5. The van der Waals surface area contributed by atoms with Gasteiger partial charge in [-0.1, -0.05) is 29.4 Å². The van der Waals surface area contributed by atoms with Crippen molar-refractivity contribution in [3.63, 3.8) is 0 Å². The normalized spacial score (nSPS) is 10.7. The monoisotopic (exact) mass is 198 g/mol. The van der Waals surface area contributed by atoms with Gasteiger partial charge in [0.25, 0.3) is 0 Å². The van der Waals surface area contributed by atoms with Gasteiger partial charge in [-0.25, -0.2) is 0 Å². The molecule has 2 rings (SSSR count). The minimum absolute atomic E-state index is 0.848. The highest BCUT2D eigenvalue weighted by Crippen LogP contribution is 2.16. The molecule has 0 bridgehead atoms. The van der Waals surface area contributed by atoms with Crippen LogP contribution in [0.3, 0.4) is 0 Å². The summed E-state index contributed by atoms with van der Waals surface area (Å²) in [6.07, 6.45) is 3.15. The second-order valence-electron chi connectivity index (χ2n) is 3.09. The highest BCUT2D eigenvalue weighted by atomic mass is 16.4. The molecule has 0 aliphatic rings. The van der Waals surface area contributed by atoms with Gasteiger partial charge < -0.3 is 5.21 Å². The highest BCUT2D eigenvalue weighted by molar-refractivity contribution is 5.81. The van der Waals surface area contributed by atoms with Crippen LogP contribution in [-0.4, -0.2) is 16.4 Å². The number of hydrogen-bond acceptors (Lipinski definition) is 3. The number of nitrogens with zero attached hydrogens (tertiary/aromatic N) is 2. The van der Waals surface area contributed by atoms with E-state index in [0.29, 0.717) is 0 Å². The first-order chi connectivity index (χ1) is 7.40. The number of rotatable bonds is 2. The van der Waals surface area contributed by atoms with Crippen LogP contribution in [0.4, 0.5) is 0 Å². The minimum atomic E-state index is 0.848. The van der Waals surface area contributed by atoms with Crippen LogP contribution in [-0.2, 0) is 0 Å². The molecule has 3 heteroatoms. The molecule has 0 atom stereocenters. The quantitative estimate of drug-likeness (QED) is 0.458. The molecular weight excluding hydrogens is 188 g/mol. The Bertz CT molecular complexity index is 466. The first kappa shape index (κ1) is 9.40. The van der Waals surface area contributed by atoms with E-state index in [0.717, 1.165) is 16.8 Å². The Kier molecular flexibility index (Phi) is 2.74. The molecule has 0 unspecified atom stereocenters. The molecule has 1 N–H and O–H groups in total. The number of hydrogen-bond donors (Lipinski definition) is 1. The molecule has 0 radical (unpaired) electrons. The van der Waals surface area contributed by atoms with E-state index >= 15 is 0 Å². The van der Waals surface area contributed by atoms with Crippen molar-refractivity contribution in [2.45, 2.75) is 0 Å². The first-order valence-corrected chi connectivity index (χ1v) is 4.59. The molecule has 1 aromatic carbocycles. The number of pyridine rings is 1. The lowest BCUT2D eigenvalue weighted by atomic mass is 10.1. The largest absolute Gasteiger partial charge is 0.411 e. The van der Waals surface area contributed by atoms with Crippen molar-refractivity contribution in [3.8, 4) is 11.3 Å². The third-order valence-corrected chi connectivity index (χ3v) is 2.05. The van der Waals surface area contributed by atoms with E-state index < -0.39 is 0 Å². The molecule has 0 amide bonds. The summed E-state index contributed by atoms with van der Waals surface area (Å²) in [6.45, 7) is 0. The molecule has 0 aliphatic heterocycles. The lowest BCUT2D eigenvalue weighted by Gasteiger charge is -2.00. The summed E-state index contributed by atoms with van der Waals surface area (Å²) in [6, 6.07) is 13.4. The molecule has 2 aromatic rings. The van der Waals surface area contributed by atoms with E-state index in [1.165, 1.54) is 6.21 Å². The highest BCUT2D eigenvalue weighted by Gasteiger charge is 1.97. The third kappa shape index (κ3) is 2.20. The average molecular weight is 198 g/mol. The Hall–Kier alpha value is -2.16. The van der Waals surface area contributed by atoms with Crippen LogP contribution in [0.2, 0.25) is 0 Å². The maximum absolute atomic E-state index is 8.43. The van der Waals surface area contributed by atoms with Crippen molar-refractivity contribution >= 4 is 6.21 Å². The van der Waals surface area contributed by atoms with Crippen LogP contribution in [0, 0.1) is 0 Å². The van der Waals surface area contributed by atoms with Gasteiger partial charge in [-0.2, -0.15) is 0 Å². The first-order valence-electron chi connectivity index (χ1n) is 4.59. The fourth-order valence-electron chi connectivity index (χ4n) is 1.38. The predicted molar refractivity (Wildman–Crippen MR) is 59.1 cm³/mol. The topological polar surface area (TPSA) is 45.5 Å². The van der Waals surface area contributed by atoms with Crippen LogP contribution in [0.15, 0.2) is 53.8 Å². The molecule has 74 valence electrons. The van der Waals surface area contributed by atoms with Crippen LogP contribution in [0.1, 0.15) is 5.56 Å². The second kappa shape index (κ2) is 4.37. The molecule has 0 saturated carbocycles. The summed E-state index contributed by atoms with van der Waals surface area (Å²) in [4.78, 5) is 4.24. The van der Waals surface area contributed by atoms with Gasteiger partial charge in [0.15, 0.2) is 0 Å². The van der Waals surface area contributed by atoms with Crippen LogP contribution >= 0.6 is 0 Å². The van der Waals surface area contributed by atoms with Gasteiger partial charge in [0.2, 0.25) is 0 Å². The zero-order valence-corrected chi connectivity index (χ0v) is 8.04. The van der Waals surface area contributed by atoms with Gasteiger partial charge >= 0.3 is 0 Å². The van der Waals surface area contributed by atoms with Crippen molar-refractivity contribution in [2.75, 3.05) is 0 Å². The Morgan fingerprint density at radius 2 is 2.07 bits per heavy atom. The number of aromatic nitrogens is 1. The maximum Gasteiger partial charge on any atom is 0.0734 e. The molecule has 0 fully saturated rings. The molecule has 0 saturated heterocycles.